The van der Waals surface area contributed by atoms with Crippen molar-refractivity contribution in [2.45, 2.75) is 26.4 Å². The Balaban J connectivity index is 1.59. The summed E-state index contributed by atoms with van der Waals surface area (Å²) in [5.41, 5.74) is 2.13. The summed E-state index contributed by atoms with van der Waals surface area (Å²) in [5.74, 6) is -0.361. The number of hydrogen-bond acceptors (Lipinski definition) is 6. The van der Waals surface area contributed by atoms with Gasteiger partial charge in [-0.1, -0.05) is 6.92 Å². The van der Waals surface area contributed by atoms with Crippen LogP contribution in [0, 0.1) is 0 Å². The molecule has 0 unspecified atom stereocenters. The van der Waals surface area contributed by atoms with E-state index in [9.17, 15) is 4.79 Å². The van der Waals surface area contributed by atoms with E-state index in [1.165, 1.54) is 6.33 Å². The Bertz CT molecular complexity index is 766. The topological polar surface area (TPSA) is 69.9 Å². The van der Waals surface area contributed by atoms with Crippen molar-refractivity contribution >= 4 is 17.3 Å². The van der Waals surface area contributed by atoms with E-state index in [0.717, 1.165) is 29.2 Å². The molecule has 0 radical (unpaired) electrons. The first-order chi connectivity index (χ1) is 11.3. The molecule has 3 rings (SSSR count). The molecule has 2 heterocycles. The second kappa shape index (κ2) is 7.15. The molecule has 23 heavy (non-hydrogen) atoms. The summed E-state index contributed by atoms with van der Waals surface area (Å²) in [6, 6.07) is 7.02. The molecule has 0 atom stereocenters. The van der Waals surface area contributed by atoms with E-state index in [-0.39, 0.29) is 12.6 Å². The van der Waals surface area contributed by atoms with Gasteiger partial charge in [0.2, 0.25) is 0 Å². The summed E-state index contributed by atoms with van der Waals surface area (Å²) < 4.78 is 6.93. The van der Waals surface area contributed by atoms with Gasteiger partial charge in [0.15, 0.2) is 0 Å². The minimum atomic E-state index is -0.361. The number of hydrogen-bond donors (Lipinski definition) is 0. The summed E-state index contributed by atoms with van der Waals surface area (Å²) in [4.78, 5) is 20.4. The highest BCUT2D eigenvalue weighted by Gasteiger charge is 2.09. The summed E-state index contributed by atoms with van der Waals surface area (Å²) >= 11 is 1.60. The van der Waals surface area contributed by atoms with Crippen molar-refractivity contribution in [3.05, 3.63) is 58.6 Å². The standard InChI is InChI=1S/C16H16N4O2S/c1-2-3-15-19-13(9-23-15)8-22-16(21)12-4-6-14(7-5-12)20-11-17-10-18-20/h4-7,9-11H,2-3,8H2,1H3. The number of carbonyl (C=O) groups is 1. The SMILES string of the molecule is CCCc1nc(COC(=O)c2ccc(-n3cncn3)cc2)cs1. The smallest absolute Gasteiger partial charge is 0.338 e. The number of rotatable bonds is 6. The summed E-state index contributed by atoms with van der Waals surface area (Å²) in [5, 5.41) is 7.05. The van der Waals surface area contributed by atoms with Gasteiger partial charge in [0, 0.05) is 5.38 Å². The lowest BCUT2D eigenvalue weighted by Crippen LogP contribution is -2.06. The summed E-state index contributed by atoms with van der Waals surface area (Å²) in [6.07, 6.45) is 5.08. The molecule has 0 aliphatic rings. The molecule has 0 aliphatic heterocycles. The van der Waals surface area contributed by atoms with Gasteiger partial charge in [0.1, 0.15) is 19.3 Å². The average Bonchev–Trinajstić information content (AvgIpc) is 3.25. The number of thiazole rings is 1. The third kappa shape index (κ3) is 3.81. The van der Waals surface area contributed by atoms with Crippen LogP contribution in [0.3, 0.4) is 0 Å². The van der Waals surface area contributed by atoms with E-state index >= 15 is 0 Å². The minimum Gasteiger partial charge on any atom is -0.456 e. The van der Waals surface area contributed by atoms with Gasteiger partial charge < -0.3 is 4.74 Å². The minimum absolute atomic E-state index is 0.198. The molecule has 3 aromatic rings. The van der Waals surface area contributed by atoms with Crippen LogP contribution < -0.4 is 0 Å². The number of carbonyl (C=O) groups excluding carboxylic acids is 1. The van der Waals surface area contributed by atoms with E-state index in [1.807, 2.05) is 5.38 Å². The molecular formula is C16H16N4O2S. The van der Waals surface area contributed by atoms with Gasteiger partial charge in [-0.05, 0) is 37.1 Å². The summed E-state index contributed by atoms with van der Waals surface area (Å²) in [7, 11) is 0. The van der Waals surface area contributed by atoms with Crippen molar-refractivity contribution in [2.75, 3.05) is 0 Å². The highest BCUT2D eigenvalue weighted by Crippen LogP contribution is 2.14. The van der Waals surface area contributed by atoms with E-state index in [2.05, 4.69) is 22.0 Å². The summed E-state index contributed by atoms with van der Waals surface area (Å²) in [6.45, 7) is 2.31. The van der Waals surface area contributed by atoms with Crippen LogP contribution in [-0.2, 0) is 17.8 Å². The van der Waals surface area contributed by atoms with Crippen molar-refractivity contribution in [1.29, 1.82) is 0 Å². The Hall–Kier alpha value is -2.54. The number of benzene rings is 1. The average molecular weight is 328 g/mol. The lowest BCUT2D eigenvalue weighted by molar-refractivity contribution is 0.0468. The molecule has 0 saturated carbocycles. The molecule has 0 fully saturated rings. The van der Waals surface area contributed by atoms with Gasteiger partial charge in [0.25, 0.3) is 0 Å². The lowest BCUT2D eigenvalue weighted by Gasteiger charge is -2.04. The first kappa shape index (κ1) is 15.4. The maximum absolute atomic E-state index is 12.1. The molecule has 0 bridgehead atoms. The van der Waals surface area contributed by atoms with Crippen molar-refractivity contribution < 1.29 is 9.53 Å². The van der Waals surface area contributed by atoms with Crippen LogP contribution in [0.15, 0.2) is 42.3 Å². The fraction of sp³-hybridized carbons (Fsp3) is 0.250. The molecule has 0 N–H and O–H groups in total. The van der Waals surface area contributed by atoms with Gasteiger partial charge in [-0.2, -0.15) is 5.10 Å². The van der Waals surface area contributed by atoms with Crippen LogP contribution >= 0.6 is 11.3 Å². The number of aryl methyl sites for hydroxylation is 1. The number of esters is 1. The molecule has 0 saturated heterocycles. The van der Waals surface area contributed by atoms with Gasteiger partial charge in [-0.15, -0.1) is 11.3 Å². The molecule has 7 heteroatoms. The molecular weight excluding hydrogens is 312 g/mol. The van der Waals surface area contributed by atoms with Crippen LogP contribution in [0.1, 0.15) is 34.4 Å². The van der Waals surface area contributed by atoms with E-state index in [0.29, 0.717) is 5.56 Å². The third-order valence-electron chi connectivity index (χ3n) is 3.20. The highest BCUT2D eigenvalue weighted by molar-refractivity contribution is 7.09. The monoisotopic (exact) mass is 328 g/mol. The molecule has 1 aromatic carbocycles. The zero-order valence-electron chi connectivity index (χ0n) is 12.7. The highest BCUT2D eigenvalue weighted by atomic mass is 32.1. The largest absolute Gasteiger partial charge is 0.456 e. The van der Waals surface area contributed by atoms with E-state index < -0.39 is 0 Å². The van der Waals surface area contributed by atoms with Gasteiger partial charge in [-0.25, -0.2) is 19.4 Å². The molecule has 0 aliphatic carbocycles. The van der Waals surface area contributed by atoms with E-state index in [4.69, 9.17) is 4.74 Å². The molecule has 6 nitrogen and oxygen atoms in total. The number of nitrogens with zero attached hydrogens (tertiary/aromatic N) is 4. The lowest BCUT2D eigenvalue weighted by atomic mass is 10.2. The Labute approximate surface area is 137 Å². The zero-order valence-corrected chi connectivity index (χ0v) is 13.5. The third-order valence-corrected chi connectivity index (χ3v) is 4.16. The van der Waals surface area contributed by atoms with Crippen molar-refractivity contribution in [2.24, 2.45) is 0 Å². The fourth-order valence-corrected chi connectivity index (χ4v) is 2.94. The zero-order chi connectivity index (χ0) is 16.1. The quantitative estimate of drug-likeness (QED) is 0.651. The normalized spacial score (nSPS) is 10.7. The fourth-order valence-electron chi connectivity index (χ4n) is 2.06. The molecule has 0 spiro atoms. The Morgan fingerprint density at radius 2 is 2.13 bits per heavy atom. The van der Waals surface area contributed by atoms with Crippen molar-refractivity contribution in [3.63, 3.8) is 0 Å². The first-order valence-electron chi connectivity index (χ1n) is 7.31. The number of ether oxygens (including phenoxy) is 1. The van der Waals surface area contributed by atoms with Gasteiger partial charge >= 0.3 is 5.97 Å². The number of aromatic nitrogens is 4. The molecule has 2 aromatic heterocycles. The van der Waals surface area contributed by atoms with Crippen LogP contribution in [0.4, 0.5) is 0 Å². The Kier molecular flexibility index (Phi) is 4.77. The van der Waals surface area contributed by atoms with Crippen molar-refractivity contribution in [3.8, 4) is 5.69 Å². The maximum atomic E-state index is 12.1. The molecule has 0 amide bonds. The Morgan fingerprint density at radius 3 is 2.83 bits per heavy atom. The predicted molar refractivity (Wildman–Crippen MR) is 86.6 cm³/mol. The van der Waals surface area contributed by atoms with Crippen LogP contribution in [-0.4, -0.2) is 25.7 Å². The van der Waals surface area contributed by atoms with Gasteiger partial charge in [0.05, 0.1) is 22.0 Å². The maximum Gasteiger partial charge on any atom is 0.338 e. The van der Waals surface area contributed by atoms with E-state index in [1.54, 1.807) is 46.6 Å². The van der Waals surface area contributed by atoms with Crippen molar-refractivity contribution in [1.82, 2.24) is 19.7 Å². The van der Waals surface area contributed by atoms with Crippen LogP contribution in [0.25, 0.3) is 5.69 Å². The predicted octanol–water partition coefficient (Wildman–Crippen LogP) is 3.03. The Morgan fingerprint density at radius 1 is 1.30 bits per heavy atom. The van der Waals surface area contributed by atoms with Crippen LogP contribution in [0.5, 0.6) is 0 Å². The van der Waals surface area contributed by atoms with Gasteiger partial charge in [-0.3, -0.25) is 0 Å². The second-order valence-electron chi connectivity index (χ2n) is 4.95. The second-order valence-corrected chi connectivity index (χ2v) is 5.89. The first-order valence-corrected chi connectivity index (χ1v) is 8.19. The molecule has 118 valence electrons. The van der Waals surface area contributed by atoms with Crippen LogP contribution in [0.2, 0.25) is 0 Å².